The summed E-state index contributed by atoms with van der Waals surface area (Å²) in [5.41, 5.74) is 0.0533. The minimum absolute atomic E-state index is 0.222. The average molecular weight is 782 g/mol. The summed E-state index contributed by atoms with van der Waals surface area (Å²) in [6.07, 6.45) is 7.73. The molecule has 4 heterocycles. The number of rotatable bonds is 11. The quantitative estimate of drug-likeness (QED) is 0.159. The van der Waals surface area contributed by atoms with Gasteiger partial charge in [0.05, 0.1) is 28.4 Å². The van der Waals surface area contributed by atoms with E-state index < -0.39 is 63.4 Å². The maximum atomic E-state index is 15.2. The average Bonchev–Trinajstić information content (AvgIpc) is 3.22. The molecule has 1 amide bonds. The molecule has 3 aromatic heterocycles. The molecule has 0 saturated carbocycles. The van der Waals surface area contributed by atoms with Crippen LogP contribution in [0.15, 0.2) is 106 Å². The van der Waals surface area contributed by atoms with Gasteiger partial charge in [-0.2, -0.15) is 0 Å². The number of anilines is 1. The minimum atomic E-state index is -2.02. The van der Waals surface area contributed by atoms with Gasteiger partial charge in [0, 0.05) is 62.8 Å². The monoisotopic (exact) mass is 781 g/mol. The summed E-state index contributed by atoms with van der Waals surface area (Å²) in [7, 11) is 1.50. The number of pyridine rings is 1. The van der Waals surface area contributed by atoms with Gasteiger partial charge in [-0.25, -0.2) is 37.6 Å². The number of aryl methyl sites for hydroxylation is 1. The third-order valence-corrected chi connectivity index (χ3v) is 10.6. The lowest BCUT2D eigenvalue weighted by Gasteiger charge is -2.20. The molecule has 7 rings (SSSR count). The molecule has 2 atom stereocenters. The van der Waals surface area contributed by atoms with E-state index in [1.807, 2.05) is 0 Å². The number of carbonyl (C=O) groups is 2. The number of fused-ring (bicyclic) bond motifs is 1. The van der Waals surface area contributed by atoms with Crippen molar-refractivity contribution < 1.29 is 32.8 Å². The highest BCUT2D eigenvalue weighted by molar-refractivity contribution is 7.92. The molecule has 1 saturated heterocycles. The number of nitrogens with one attached hydrogen (secondary N) is 2. The van der Waals surface area contributed by atoms with Gasteiger partial charge in [-0.1, -0.05) is 12.1 Å². The van der Waals surface area contributed by atoms with E-state index >= 15 is 8.78 Å². The van der Waals surface area contributed by atoms with Gasteiger partial charge in [-0.15, -0.1) is 0 Å². The Bertz CT molecular complexity index is 2550. The standard InChI is InChI=1S/C39H33F2N7O7S/c1-47-34-21-42-13-10-28(34)37(50)48(39(47)53)26-6-2-22(3-7-26)16-33(38(51)52)45-36(49)29-17-31(41)32(18-30(29)40)46-56(54)27-8-4-23(5-9-27)25-19-43-35(44-20-25)24-11-14-55-15-12-24/h2-10,13,17-21,24,33,46H,11-12,14-16H2,1H3,(H,45,49)(H,51,52)/t33-,56?/m0/s1. The smallest absolute Gasteiger partial charge is 0.335 e. The molecule has 56 heavy (non-hydrogen) atoms. The Kier molecular flexibility index (Phi) is 11.0. The van der Waals surface area contributed by atoms with Crippen LogP contribution < -0.4 is 21.3 Å². The molecule has 0 aliphatic carbocycles. The zero-order valence-corrected chi connectivity index (χ0v) is 30.5. The van der Waals surface area contributed by atoms with Crippen LogP contribution in [0, 0.1) is 11.6 Å². The van der Waals surface area contributed by atoms with Crippen LogP contribution in [-0.2, 0) is 34.4 Å². The molecular formula is C39H33F2N7O7S. The van der Waals surface area contributed by atoms with Gasteiger partial charge in [-0.3, -0.25) is 19.1 Å². The predicted molar refractivity (Wildman–Crippen MR) is 202 cm³/mol. The summed E-state index contributed by atoms with van der Waals surface area (Å²) in [6.45, 7) is 1.35. The molecule has 3 N–H and O–H groups in total. The van der Waals surface area contributed by atoms with Crippen molar-refractivity contribution in [2.24, 2.45) is 7.05 Å². The number of hydrogen-bond donors (Lipinski definition) is 3. The molecule has 0 bridgehead atoms. The van der Waals surface area contributed by atoms with E-state index in [1.165, 1.54) is 54.3 Å². The number of carbonyl (C=O) groups excluding carboxylic acids is 1. The molecule has 3 aromatic carbocycles. The zero-order chi connectivity index (χ0) is 39.5. The summed E-state index contributed by atoms with van der Waals surface area (Å²) in [6, 6.07) is 13.6. The van der Waals surface area contributed by atoms with Crippen LogP contribution in [0.3, 0.4) is 0 Å². The van der Waals surface area contributed by atoms with Crippen molar-refractivity contribution in [3.63, 3.8) is 0 Å². The molecule has 14 nitrogen and oxygen atoms in total. The third-order valence-electron chi connectivity index (χ3n) is 9.47. The van der Waals surface area contributed by atoms with Crippen LogP contribution in [0.1, 0.15) is 40.5 Å². The molecule has 1 fully saturated rings. The fourth-order valence-electron chi connectivity index (χ4n) is 6.36. The first kappa shape index (κ1) is 38.0. The highest BCUT2D eigenvalue weighted by Gasteiger charge is 2.26. The summed E-state index contributed by atoms with van der Waals surface area (Å²) in [5, 5.41) is 12.3. The molecule has 0 spiro atoms. The highest BCUT2D eigenvalue weighted by Crippen LogP contribution is 2.27. The van der Waals surface area contributed by atoms with Gasteiger partial charge in [0.15, 0.2) is 10.7 Å². The minimum Gasteiger partial charge on any atom is -0.588 e. The van der Waals surface area contributed by atoms with Crippen LogP contribution in [0.25, 0.3) is 27.7 Å². The Morgan fingerprint density at radius 3 is 2.34 bits per heavy atom. The molecule has 0 radical (unpaired) electrons. The van der Waals surface area contributed by atoms with E-state index in [-0.39, 0.29) is 28.3 Å². The van der Waals surface area contributed by atoms with Crippen LogP contribution in [0.4, 0.5) is 14.5 Å². The van der Waals surface area contributed by atoms with Crippen LogP contribution in [0.5, 0.6) is 0 Å². The highest BCUT2D eigenvalue weighted by atomic mass is 32.2. The number of aromatic nitrogens is 5. The Morgan fingerprint density at radius 1 is 0.964 bits per heavy atom. The lowest BCUT2D eigenvalue weighted by Crippen LogP contribution is -2.42. The summed E-state index contributed by atoms with van der Waals surface area (Å²) >= 11 is -2.02. The Balaban J connectivity index is 0.997. The van der Waals surface area contributed by atoms with Gasteiger partial charge in [0.1, 0.15) is 34.7 Å². The predicted octanol–water partition coefficient (Wildman–Crippen LogP) is 4.27. The van der Waals surface area contributed by atoms with Crippen molar-refractivity contribution in [3.05, 3.63) is 141 Å². The lowest BCUT2D eigenvalue weighted by molar-refractivity contribution is -0.139. The number of amides is 1. The van der Waals surface area contributed by atoms with Gasteiger partial charge >= 0.3 is 11.7 Å². The normalized spacial score (nSPS) is 14.3. The molecule has 1 aliphatic rings. The van der Waals surface area contributed by atoms with Crippen molar-refractivity contribution in [3.8, 4) is 16.8 Å². The largest absolute Gasteiger partial charge is 0.588 e. The Labute approximate surface area is 320 Å². The second-order valence-corrected chi connectivity index (χ2v) is 14.2. The lowest BCUT2D eigenvalue weighted by atomic mass is 9.99. The van der Waals surface area contributed by atoms with Gasteiger partial charge in [-0.05, 0) is 72.5 Å². The number of carboxylic acids is 1. The van der Waals surface area contributed by atoms with Crippen LogP contribution >= 0.6 is 0 Å². The number of halogens is 2. The van der Waals surface area contributed by atoms with E-state index in [1.54, 1.807) is 36.7 Å². The second-order valence-electron chi connectivity index (χ2n) is 13.0. The molecule has 286 valence electrons. The van der Waals surface area contributed by atoms with Crippen molar-refractivity contribution in [1.82, 2.24) is 29.4 Å². The number of nitrogens with zero attached hydrogens (tertiary/aromatic N) is 5. The Morgan fingerprint density at radius 2 is 1.66 bits per heavy atom. The first-order chi connectivity index (χ1) is 27.0. The van der Waals surface area contributed by atoms with E-state index in [2.05, 4.69) is 25.0 Å². The molecule has 17 heteroatoms. The number of benzene rings is 3. The van der Waals surface area contributed by atoms with Crippen LogP contribution in [0.2, 0.25) is 0 Å². The van der Waals surface area contributed by atoms with Crippen molar-refractivity contribution in [2.75, 3.05) is 17.9 Å². The first-order valence-corrected chi connectivity index (χ1v) is 18.5. The first-order valence-electron chi connectivity index (χ1n) is 17.3. The van der Waals surface area contributed by atoms with E-state index in [9.17, 15) is 28.8 Å². The summed E-state index contributed by atoms with van der Waals surface area (Å²) in [5.74, 6) is -3.93. The number of carboxylic acid groups (broad SMARTS) is 1. The SMILES string of the molecule is Cn1c(=O)n(-c2ccc(C[C@H](NC(=O)c3cc(F)c(N[S+]([O-])c4ccc(-c5cnc(C6CCOCC6)nc5)cc4)cc3F)C(=O)O)cc2)c(=O)c2ccncc21. The van der Waals surface area contributed by atoms with Crippen molar-refractivity contribution >= 4 is 39.8 Å². The van der Waals surface area contributed by atoms with Crippen molar-refractivity contribution in [2.45, 2.75) is 36.1 Å². The van der Waals surface area contributed by atoms with Gasteiger partial charge < -0.3 is 19.7 Å². The zero-order valence-electron chi connectivity index (χ0n) is 29.6. The fraction of sp³-hybridized carbons (Fsp3) is 0.205. The summed E-state index contributed by atoms with van der Waals surface area (Å²) < 4.78 is 53.5. The maximum Gasteiger partial charge on any atom is 0.335 e. The maximum absolute atomic E-state index is 15.2. The fourth-order valence-corrected chi connectivity index (χ4v) is 7.22. The second kappa shape index (κ2) is 16.2. The number of hydrogen-bond acceptors (Lipinski definition) is 10. The van der Waals surface area contributed by atoms with E-state index in [0.29, 0.717) is 36.4 Å². The molecule has 1 aliphatic heterocycles. The molecule has 6 aromatic rings. The topological polar surface area (TPSA) is 193 Å². The van der Waals surface area contributed by atoms with Gasteiger partial charge in [0.25, 0.3) is 11.5 Å². The number of ether oxygens (including phenoxy) is 1. The summed E-state index contributed by atoms with van der Waals surface area (Å²) in [4.78, 5) is 64.5. The number of aliphatic carboxylic acids is 1. The van der Waals surface area contributed by atoms with E-state index in [4.69, 9.17) is 4.74 Å². The molecular weight excluding hydrogens is 749 g/mol. The van der Waals surface area contributed by atoms with Crippen molar-refractivity contribution in [1.29, 1.82) is 0 Å². The molecule has 1 unspecified atom stereocenters. The van der Waals surface area contributed by atoms with Gasteiger partial charge in [0.2, 0.25) is 0 Å². The third kappa shape index (κ3) is 7.91. The van der Waals surface area contributed by atoms with E-state index in [0.717, 1.165) is 34.4 Å². The Hall–Kier alpha value is -6.30. The van der Waals surface area contributed by atoms with Crippen LogP contribution in [-0.4, -0.2) is 64.9 Å².